The number of carbonyl (C=O) groups is 1. The normalized spacial score (nSPS) is 12.1. The molecule has 0 aliphatic carbocycles. The molecule has 0 saturated carbocycles. The SMILES string of the molecule is CCOC(=O)C(CC)c1c(-c2ccccc2)nc2cc(OC)ccn12. The second-order valence-electron chi connectivity index (χ2n) is 5.72. The molecule has 0 bridgehead atoms. The molecule has 2 aromatic heterocycles. The number of esters is 1. The van der Waals surface area contributed by atoms with E-state index in [4.69, 9.17) is 14.5 Å². The Bertz CT molecular complexity index is 871. The Morgan fingerprint density at radius 2 is 1.96 bits per heavy atom. The molecule has 5 heteroatoms. The van der Waals surface area contributed by atoms with Gasteiger partial charge >= 0.3 is 5.97 Å². The number of ether oxygens (including phenoxy) is 2. The van der Waals surface area contributed by atoms with E-state index in [1.54, 1.807) is 7.11 Å². The van der Waals surface area contributed by atoms with Gasteiger partial charge in [0.2, 0.25) is 0 Å². The second kappa shape index (κ2) is 7.38. The Hall–Kier alpha value is -2.82. The molecule has 130 valence electrons. The maximum atomic E-state index is 12.5. The van der Waals surface area contributed by atoms with Gasteiger partial charge in [0.15, 0.2) is 0 Å². The third kappa shape index (κ3) is 3.22. The van der Waals surface area contributed by atoms with Gasteiger partial charge in [-0.1, -0.05) is 37.3 Å². The molecule has 1 unspecified atom stereocenters. The van der Waals surface area contributed by atoms with Gasteiger partial charge in [0, 0.05) is 17.8 Å². The van der Waals surface area contributed by atoms with E-state index in [-0.39, 0.29) is 11.9 Å². The molecule has 1 aromatic carbocycles. The van der Waals surface area contributed by atoms with E-state index in [2.05, 4.69) is 0 Å². The summed E-state index contributed by atoms with van der Waals surface area (Å²) in [6, 6.07) is 13.6. The van der Waals surface area contributed by atoms with Crippen LogP contribution in [0.15, 0.2) is 48.7 Å². The third-order valence-corrected chi connectivity index (χ3v) is 4.23. The van der Waals surface area contributed by atoms with Crippen LogP contribution in [0.25, 0.3) is 16.9 Å². The van der Waals surface area contributed by atoms with Crippen LogP contribution in [0, 0.1) is 0 Å². The molecule has 5 nitrogen and oxygen atoms in total. The van der Waals surface area contributed by atoms with Gasteiger partial charge in [0.25, 0.3) is 0 Å². The Kier molecular flexibility index (Phi) is 5.03. The van der Waals surface area contributed by atoms with Crippen LogP contribution in [0.3, 0.4) is 0 Å². The van der Waals surface area contributed by atoms with Crippen LogP contribution in [0.1, 0.15) is 31.9 Å². The lowest BCUT2D eigenvalue weighted by Crippen LogP contribution is -2.17. The number of carbonyl (C=O) groups excluding carboxylic acids is 1. The molecule has 0 aliphatic rings. The third-order valence-electron chi connectivity index (χ3n) is 4.23. The summed E-state index contributed by atoms with van der Waals surface area (Å²) < 4.78 is 12.6. The summed E-state index contributed by atoms with van der Waals surface area (Å²) in [5.41, 5.74) is 3.37. The molecule has 25 heavy (non-hydrogen) atoms. The lowest BCUT2D eigenvalue weighted by atomic mass is 9.97. The average molecular weight is 338 g/mol. The summed E-state index contributed by atoms with van der Waals surface area (Å²) in [4.78, 5) is 17.3. The largest absolute Gasteiger partial charge is 0.497 e. The summed E-state index contributed by atoms with van der Waals surface area (Å²) in [6.07, 6.45) is 2.53. The molecule has 0 N–H and O–H groups in total. The molecule has 0 amide bonds. The minimum atomic E-state index is -0.376. The Morgan fingerprint density at radius 1 is 1.20 bits per heavy atom. The van der Waals surface area contributed by atoms with E-state index >= 15 is 0 Å². The van der Waals surface area contributed by atoms with Gasteiger partial charge in [0.05, 0.1) is 31.0 Å². The molecular weight excluding hydrogens is 316 g/mol. The van der Waals surface area contributed by atoms with Gasteiger partial charge in [-0.2, -0.15) is 0 Å². The van der Waals surface area contributed by atoms with Crippen LogP contribution in [0.4, 0.5) is 0 Å². The zero-order valence-corrected chi connectivity index (χ0v) is 14.7. The monoisotopic (exact) mass is 338 g/mol. The Morgan fingerprint density at radius 3 is 2.60 bits per heavy atom. The number of hydrogen-bond acceptors (Lipinski definition) is 4. The van der Waals surface area contributed by atoms with Crippen molar-refractivity contribution in [1.82, 2.24) is 9.38 Å². The van der Waals surface area contributed by atoms with Gasteiger partial charge in [-0.3, -0.25) is 4.79 Å². The van der Waals surface area contributed by atoms with Crippen LogP contribution < -0.4 is 4.74 Å². The molecule has 0 radical (unpaired) electrons. The van der Waals surface area contributed by atoms with Crippen molar-refractivity contribution in [2.24, 2.45) is 0 Å². The first-order chi connectivity index (χ1) is 12.2. The Balaban J connectivity index is 2.24. The lowest BCUT2D eigenvalue weighted by molar-refractivity contribution is -0.145. The molecule has 2 heterocycles. The van der Waals surface area contributed by atoms with Crippen LogP contribution in [0.2, 0.25) is 0 Å². The molecule has 1 atom stereocenters. The van der Waals surface area contributed by atoms with E-state index in [0.717, 1.165) is 28.3 Å². The molecule has 3 aromatic rings. The first kappa shape index (κ1) is 17.0. The van der Waals surface area contributed by atoms with Crippen molar-refractivity contribution in [3.05, 3.63) is 54.4 Å². The van der Waals surface area contributed by atoms with Gasteiger partial charge in [-0.15, -0.1) is 0 Å². The number of nitrogens with zero attached hydrogens (tertiary/aromatic N) is 2. The maximum Gasteiger partial charge on any atom is 0.315 e. The quantitative estimate of drug-likeness (QED) is 0.636. The molecule has 0 fully saturated rings. The first-order valence-corrected chi connectivity index (χ1v) is 8.47. The fourth-order valence-corrected chi connectivity index (χ4v) is 3.03. The number of hydrogen-bond donors (Lipinski definition) is 0. The van der Waals surface area contributed by atoms with Crippen LogP contribution in [-0.4, -0.2) is 29.1 Å². The highest BCUT2D eigenvalue weighted by atomic mass is 16.5. The molecular formula is C20H22N2O3. The molecule has 3 rings (SSSR count). The predicted molar refractivity (Wildman–Crippen MR) is 96.8 cm³/mol. The van der Waals surface area contributed by atoms with Gasteiger partial charge in [0.1, 0.15) is 11.4 Å². The number of aromatic nitrogens is 2. The molecule has 0 saturated heterocycles. The second-order valence-corrected chi connectivity index (χ2v) is 5.72. The van der Waals surface area contributed by atoms with Crippen molar-refractivity contribution in [3.63, 3.8) is 0 Å². The zero-order chi connectivity index (χ0) is 17.8. The van der Waals surface area contributed by atoms with Gasteiger partial charge < -0.3 is 13.9 Å². The number of benzene rings is 1. The predicted octanol–water partition coefficient (Wildman–Crippen LogP) is 4.07. The summed E-state index contributed by atoms with van der Waals surface area (Å²) >= 11 is 0. The summed E-state index contributed by atoms with van der Waals surface area (Å²) in [5, 5.41) is 0. The summed E-state index contributed by atoms with van der Waals surface area (Å²) in [5.74, 6) is 0.131. The van der Waals surface area contributed by atoms with Crippen LogP contribution in [0.5, 0.6) is 5.75 Å². The van der Waals surface area contributed by atoms with E-state index in [0.29, 0.717) is 13.0 Å². The standard InChI is InChI=1S/C20H22N2O3/c1-4-16(20(23)25-5-2)19-18(14-9-7-6-8-10-14)21-17-13-15(24-3)11-12-22(17)19/h6-13,16H,4-5H2,1-3H3. The zero-order valence-electron chi connectivity index (χ0n) is 14.7. The highest BCUT2D eigenvalue weighted by molar-refractivity contribution is 5.82. The molecule has 0 aliphatic heterocycles. The summed E-state index contributed by atoms with van der Waals surface area (Å²) in [7, 11) is 1.63. The van der Waals surface area contributed by atoms with Crippen molar-refractivity contribution in [1.29, 1.82) is 0 Å². The maximum absolute atomic E-state index is 12.5. The number of fused-ring (bicyclic) bond motifs is 1. The van der Waals surface area contributed by atoms with Crippen molar-refractivity contribution in [2.75, 3.05) is 13.7 Å². The lowest BCUT2D eigenvalue weighted by Gasteiger charge is -2.15. The van der Waals surface area contributed by atoms with Crippen molar-refractivity contribution < 1.29 is 14.3 Å². The van der Waals surface area contributed by atoms with E-state index in [1.165, 1.54) is 0 Å². The topological polar surface area (TPSA) is 52.8 Å². The fourth-order valence-electron chi connectivity index (χ4n) is 3.03. The average Bonchev–Trinajstić information content (AvgIpc) is 3.02. The van der Waals surface area contributed by atoms with Crippen LogP contribution >= 0.6 is 0 Å². The Labute approximate surface area is 147 Å². The van der Waals surface area contributed by atoms with E-state index < -0.39 is 0 Å². The fraction of sp³-hybridized carbons (Fsp3) is 0.300. The minimum absolute atomic E-state index is 0.222. The van der Waals surface area contributed by atoms with Crippen LogP contribution in [-0.2, 0) is 9.53 Å². The van der Waals surface area contributed by atoms with Gasteiger partial charge in [-0.05, 0) is 19.4 Å². The highest BCUT2D eigenvalue weighted by Crippen LogP contribution is 2.33. The van der Waals surface area contributed by atoms with Crippen molar-refractivity contribution in [3.8, 4) is 17.0 Å². The van der Waals surface area contributed by atoms with Gasteiger partial charge in [-0.25, -0.2) is 4.98 Å². The van der Waals surface area contributed by atoms with Crippen molar-refractivity contribution >= 4 is 11.6 Å². The van der Waals surface area contributed by atoms with E-state index in [9.17, 15) is 4.79 Å². The highest BCUT2D eigenvalue weighted by Gasteiger charge is 2.28. The smallest absolute Gasteiger partial charge is 0.315 e. The van der Waals surface area contributed by atoms with Crippen molar-refractivity contribution in [2.45, 2.75) is 26.2 Å². The summed E-state index contributed by atoms with van der Waals surface area (Å²) in [6.45, 7) is 4.17. The number of imidazole rings is 1. The first-order valence-electron chi connectivity index (χ1n) is 8.47. The minimum Gasteiger partial charge on any atom is -0.497 e. The number of methoxy groups -OCH3 is 1. The molecule has 0 spiro atoms. The number of rotatable bonds is 6. The number of pyridine rings is 1. The van der Waals surface area contributed by atoms with E-state index in [1.807, 2.05) is 66.9 Å².